The smallest absolute Gasteiger partial charge is 0.258 e. The molecule has 0 saturated carbocycles. The van der Waals surface area contributed by atoms with E-state index in [0.29, 0.717) is 0 Å². The van der Waals surface area contributed by atoms with Gasteiger partial charge >= 0.3 is 0 Å². The number of nitriles is 1. The van der Waals surface area contributed by atoms with Crippen LogP contribution in [0.1, 0.15) is 6.92 Å². The molecule has 0 spiro atoms. The fourth-order valence-corrected chi connectivity index (χ4v) is 1.09. The molecule has 2 unspecified atom stereocenters. The summed E-state index contributed by atoms with van der Waals surface area (Å²) in [5, 5.41) is 18.9. The molecule has 0 N–H and O–H groups in total. The summed E-state index contributed by atoms with van der Waals surface area (Å²) in [6, 6.07) is 2.06. The first-order valence-corrected chi connectivity index (χ1v) is 3.59. The second kappa shape index (κ2) is 3.18. The summed E-state index contributed by atoms with van der Waals surface area (Å²) < 4.78 is 0. The van der Waals surface area contributed by atoms with Crippen LogP contribution < -0.4 is 0 Å². The number of nitrogens with zero attached hydrogens (tertiary/aromatic N) is 2. The second-order valence-electron chi connectivity index (χ2n) is 2.72. The Morgan fingerprint density at radius 2 is 2.42 bits per heavy atom. The van der Waals surface area contributed by atoms with Gasteiger partial charge in [0.2, 0.25) is 0 Å². The lowest BCUT2D eigenvalue weighted by Gasteiger charge is -2.12. The van der Waals surface area contributed by atoms with Crippen LogP contribution in [0.3, 0.4) is 0 Å². The minimum absolute atomic E-state index is 0.0691. The maximum Gasteiger partial charge on any atom is 0.265 e. The van der Waals surface area contributed by atoms with Gasteiger partial charge in [0, 0.05) is 12.0 Å². The first-order valence-electron chi connectivity index (χ1n) is 3.59. The molecule has 1 aliphatic rings. The molecule has 0 aromatic rings. The number of allylic oxidation sites excluding steroid dienone is 3. The molecule has 1 rings (SSSR count). The third-order valence-corrected chi connectivity index (χ3v) is 1.83. The normalized spacial score (nSPS) is 27.5. The molecular formula is C8H8N2O2. The Morgan fingerprint density at radius 3 is 2.83 bits per heavy atom. The van der Waals surface area contributed by atoms with E-state index in [0.717, 1.165) is 0 Å². The van der Waals surface area contributed by atoms with Gasteiger partial charge in [-0.25, -0.2) is 0 Å². The van der Waals surface area contributed by atoms with Crippen molar-refractivity contribution in [2.24, 2.45) is 11.8 Å². The molecule has 0 bridgehead atoms. The lowest BCUT2D eigenvalue weighted by molar-refractivity contribution is -0.419. The lowest BCUT2D eigenvalue weighted by atomic mass is 9.90. The molecule has 0 aromatic heterocycles. The van der Waals surface area contributed by atoms with Crippen molar-refractivity contribution < 1.29 is 4.92 Å². The molecule has 2 atom stereocenters. The zero-order valence-corrected chi connectivity index (χ0v) is 6.60. The van der Waals surface area contributed by atoms with E-state index in [1.54, 1.807) is 13.0 Å². The van der Waals surface area contributed by atoms with Gasteiger partial charge < -0.3 is 0 Å². The van der Waals surface area contributed by atoms with Crippen LogP contribution in [0.4, 0.5) is 0 Å². The van der Waals surface area contributed by atoms with Crippen LogP contribution in [0.2, 0.25) is 0 Å². The first kappa shape index (κ1) is 8.47. The Kier molecular flexibility index (Phi) is 2.24. The number of rotatable bonds is 1. The van der Waals surface area contributed by atoms with Crippen molar-refractivity contribution in [3.8, 4) is 6.07 Å². The van der Waals surface area contributed by atoms with Gasteiger partial charge in [-0.2, -0.15) is 5.26 Å². The summed E-state index contributed by atoms with van der Waals surface area (Å²) >= 11 is 0. The Morgan fingerprint density at radius 1 is 1.75 bits per heavy atom. The Hall–Kier alpha value is -1.63. The average Bonchev–Trinajstić information content (AvgIpc) is 2.04. The van der Waals surface area contributed by atoms with Gasteiger partial charge in [0.05, 0.1) is 16.9 Å². The highest BCUT2D eigenvalue weighted by molar-refractivity contribution is 5.23. The zero-order chi connectivity index (χ0) is 9.14. The predicted octanol–water partition coefficient (Wildman–Crippen LogP) is 1.49. The summed E-state index contributed by atoms with van der Waals surface area (Å²) in [6.07, 6.45) is 4.46. The second-order valence-corrected chi connectivity index (χ2v) is 2.72. The van der Waals surface area contributed by atoms with Crippen LogP contribution >= 0.6 is 0 Å². The van der Waals surface area contributed by atoms with Crippen molar-refractivity contribution in [3.63, 3.8) is 0 Å². The Bertz CT molecular complexity index is 299. The Balaban J connectivity index is 2.84. The van der Waals surface area contributed by atoms with Gasteiger partial charge in [-0.05, 0) is 6.08 Å². The van der Waals surface area contributed by atoms with E-state index >= 15 is 0 Å². The summed E-state index contributed by atoms with van der Waals surface area (Å²) in [7, 11) is 0. The van der Waals surface area contributed by atoms with Crippen molar-refractivity contribution in [2.45, 2.75) is 6.92 Å². The molecule has 0 fully saturated rings. The van der Waals surface area contributed by atoms with Crippen LogP contribution in [-0.2, 0) is 0 Å². The van der Waals surface area contributed by atoms with Gasteiger partial charge in [0.1, 0.15) is 0 Å². The quantitative estimate of drug-likeness (QED) is 0.435. The molecular weight excluding hydrogens is 156 g/mol. The molecule has 0 saturated heterocycles. The van der Waals surface area contributed by atoms with E-state index < -0.39 is 4.92 Å². The highest BCUT2D eigenvalue weighted by Gasteiger charge is 2.20. The van der Waals surface area contributed by atoms with Gasteiger partial charge in [-0.15, -0.1) is 0 Å². The van der Waals surface area contributed by atoms with Gasteiger partial charge in [-0.3, -0.25) is 10.1 Å². The molecule has 1 aliphatic carbocycles. The predicted molar refractivity (Wildman–Crippen MR) is 42.5 cm³/mol. The van der Waals surface area contributed by atoms with E-state index in [-0.39, 0.29) is 17.5 Å². The molecule has 0 radical (unpaired) electrons. The monoisotopic (exact) mass is 164 g/mol. The van der Waals surface area contributed by atoms with E-state index in [9.17, 15) is 10.1 Å². The summed E-state index contributed by atoms with van der Waals surface area (Å²) in [4.78, 5) is 9.85. The van der Waals surface area contributed by atoms with Crippen molar-refractivity contribution in [1.82, 2.24) is 0 Å². The van der Waals surface area contributed by atoms with E-state index in [1.165, 1.54) is 12.2 Å². The molecule has 4 nitrogen and oxygen atoms in total. The average molecular weight is 164 g/mol. The van der Waals surface area contributed by atoms with Crippen LogP contribution in [-0.4, -0.2) is 4.92 Å². The maximum atomic E-state index is 10.3. The summed E-state index contributed by atoms with van der Waals surface area (Å²) in [5.41, 5.74) is 0.0778. The van der Waals surface area contributed by atoms with Crippen molar-refractivity contribution in [3.05, 3.63) is 34.0 Å². The van der Waals surface area contributed by atoms with Crippen LogP contribution in [0.5, 0.6) is 0 Å². The zero-order valence-electron chi connectivity index (χ0n) is 6.60. The van der Waals surface area contributed by atoms with Crippen LogP contribution in [0, 0.1) is 33.3 Å². The van der Waals surface area contributed by atoms with Crippen LogP contribution in [0.25, 0.3) is 0 Å². The number of hydrogen-bond donors (Lipinski definition) is 0. The summed E-state index contributed by atoms with van der Waals surface area (Å²) in [5.74, 6) is -0.297. The SMILES string of the molecule is CC1C=C([N+](=O)[O-])C=CC1C#N. The largest absolute Gasteiger partial charge is 0.265 e. The first-order chi connectivity index (χ1) is 5.65. The highest BCUT2D eigenvalue weighted by atomic mass is 16.6. The fourth-order valence-electron chi connectivity index (χ4n) is 1.09. The van der Waals surface area contributed by atoms with Crippen molar-refractivity contribution in [1.29, 1.82) is 5.26 Å². The van der Waals surface area contributed by atoms with E-state index in [2.05, 4.69) is 6.07 Å². The minimum atomic E-state index is -0.444. The van der Waals surface area contributed by atoms with Crippen molar-refractivity contribution in [2.75, 3.05) is 0 Å². The lowest BCUT2D eigenvalue weighted by Crippen LogP contribution is -2.11. The standard InChI is InChI=1S/C8H8N2O2/c1-6-4-8(10(11)12)3-2-7(6)5-9/h2-4,6-7H,1H3. The molecule has 0 aromatic carbocycles. The molecule has 4 heteroatoms. The molecule has 0 amide bonds. The van der Waals surface area contributed by atoms with Gasteiger partial charge in [0.25, 0.3) is 5.70 Å². The van der Waals surface area contributed by atoms with Gasteiger partial charge in [-0.1, -0.05) is 13.0 Å². The van der Waals surface area contributed by atoms with E-state index in [4.69, 9.17) is 5.26 Å². The Labute approximate surface area is 70.0 Å². The minimum Gasteiger partial charge on any atom is -0.258 e. The molecule has 0 heterocycles. The fraction of sp³-hybridized carbons (Fsp3) is 0.375. The highest BCUT2D eigenvalue weighted by Crippen LogP contribution is 2.21. The molecule has 0 aliphatic heterocycles. The summed E-state index contributed by atoms with van der Waals surface area (Å²) in [6.45, 7) is 1.79. The third kappa shape index (κ3) is 1.51. The van der Waals surface area contributed by atoms with Gasteiger partial charge in [0.15, 0.2) is 0 Å². The van der Waals surface area contributed by atoms with E-state index in [1.807, 2.05) is 0 Å². The molecule has 62 valence electrons. The number of nitro groups is 1. The topological polar surface area (TPSA) is 66.9 Å². The number of hydrogen-bond acceptors (Lipinski definition) is 3. The third-order valence-electron chi connectivity index (χ3n) is 1.83. The van der Waals surface area contributed by atoms with Crippen molar-refractivity contribution >= 4 is 0 Å². The van der Waals surface area contributed by atoms with Crippen LogP contribution in [0.15, 0.2) is 23.9 Å². The maximum absolute atomic E-state index is 10.3. The molecule has 12 heavy (non-hydrogen) atoms.